The highest BCUT2D eigenvalue weighted by Gasteiger charge is 2.44. The third-order valence-electron chi connectivity index (χ3n) is 6.24. The van der Waals surface area contributed by atoms with E-state index in [9.17, 15) is 4.79 Å². The number of amides is 1. The lowest BCUT2D eigenvalue weighted by Gasteiger charge is -2.37. The van der Waals surface area contributed by atoms with Crippen molar-refractivity contribution in [2.45, 2.75) is 48.8 Å². The molecule has 2 atom stereocenters. The molecule has 3 aromatic rings. The van der Waals surface area contributed by atoms with Crippen molar-refractivity contribution >= 4 is 17.9 Å². The number of azide groups is 1. The van der Waals surface area contributed by atoms with Crippen molar-refractivity contribution in [3.8, 4) is 0 Å². The third-order valence-corrected chi connectivity index (χ3v) is 7.98. The van der Waals surface area contributed by atoms with Crippen LogP contribution in [0.4, 0.5) is 4.79 Å². The van der Waals surface area contributed by atoms with Crippen LogP contribution in [0.2, 0.25) is 0 Å². The average Bonchev–Trinajstić information content (AvgIpc) is 3.29. The lowest BCUT2D eigenvalue weighted by molar-refractivity contribution is 0.0233. The van der Waals surface area contributed by atoms with Crippen LogP contribution < -0.4 is 0 Å². The predicted molar refractivity (Wildman–Crippen MR) is 146 cm³/mol. The molecule has 2 unspecified atom stereocenters. The molecule has 0 bridgehead atoms. The molecule has 7 heteroatoms. The van der Waals surface area contributed by atoms with E-state index in [0.29, 0.717) is 13.0 Å². The summed E-state index contributed by atoms with van der Waals surface area (Å²) < 4.78 is 5.22. The van der Waals surface area contributed by atoms with Crippen LogP contribution in [0.25, 0.3) is 10.4 Å². The first kappa shape index (κ1) is 25.7. The van der Waals surface area contributed by atoms with Crippen molar-refractivity contribution in [2.75, 3.05) is 13.1 Å². The summed E-state index contributed by atoms with van der Waals surface area (Å²) in [5.74, 6) is 0. The molecule has 36 heavy (non-hydrogen) atoms. The molecule has 1 saturated heterocycles. The Morgan fingerprint density at radius 1 is 0.944 bits per heavy atom. The van der Waals surface area contributed by atoms with Crippen LogP contribution in [0.1, 0.15) is 43.9 Å². The molecular formula is C29H32N4O2S. The molecule has 0 N–H and O–H groups in total. The van der Waals surface area contributed by atoms with E-state index in [1.165, 1.54) is 16.7 Å². The van der Waals surface area contributed by atoms with Gasteiger partial charge in [-0.25, -0.2) is 4.79 Å². The number of rotatable bonds is 7. The SMILES string of the molecule is CC(C)(C)OC(=O)N1CC(SC(c2ccccc2)(c2ccccc2)c2ccccc2)CC1CN=[N+]=[N-]. The molecule has 0 aliphatic carbocycles. The van der Waals surface area contributed by atoms with Gasteiger partial charge in [0, 0.05) is 29.3 Å². The summed E-state index contributed by atoms with van der Waals surface area (Å²) in [5.41, 5.74) is 11.9. The fourth-order valence-corrected chi connectivity index (χ4v) is 6.65. The second kappa shape index (κ2) is 11.1. The molecule has 186 valence electrons. The number of likely N-dealkylation sites (tertiary alicyclic amines) is 1. The summed E-state index contributed by atoms with van der Waals surface area (Å²) in [6, 6.07) is 31.3. The molecule has 1 aliphatic rings. The maximum Gasteiger partial charge on any atom is 0.410 e. The largest absolute Gasteiger partial charge is 0.444 e. The van der Waals surface area contributed by atoms with Crippen LogP contribution in [0.15, 0.2) is 96.1 Å². The van der Waals surface area contributed by atoms with Crippen molar-refractivity contribution in [3.63, 3.8) is 0 Å². The van der Waals surface area contributed by atoms with Gasteiger partial charge in [0.25, 0.3) is 0 Å². The first-order valence-electron chi connectivity index (χ1n) is 12.2. The molecule has 4 rings (SSSR count). The van der Waals surface area contributed by atoms with Crippen LogP contribution >= 0.6 is 11.8 Å². The Bertz CT molecular complexity index is 1100. The van der Waals surface area contributed by atoms with Crippen molar-refractivity contribution in [2.24, 2.45) is 5.11 Å². The van der Waals surface area contributed by atoms with Crippen LogP contribution in [0.5, 0.6) is 0 Å². The molecule has 6 nitrogen and oxygen atoms in total. The zero-order valence-corrected chi connectivity index (χ0v) is 21.8. The van der Waals surface area contributed by atoms with E-state index in [-0.39, 0.29) is 23.9 Å². The van der Waals surface area contributed by atoms with Gasteiger partial charge in [0.15, 0.2) is 0 Å². The third kappa shape index (κ3) is 5.69. The van der Waals surface area contributed by atoms with Gasteiger partial charge in [0.2, 0.25) is 0 Å². The number of thioether (sulfide) groups is 1. The van der Waals surface area contributed by atoms with Crippen LogP contribution in [0, 0.1) is 0 Å². The quantitative estimate of drug-likeness (QED) is 0.147. The minimum Gasteiger partial charge on any atom is -0.444 e. The number of carbonyl (C=O) groups excluding carboxylic acids is 1. The monoisotopic (exact) mass is 500 g/mol. The van der Waals surface area contributed by atoms with E-state index in [1.807, 2.05) is 50.7 Å². The van der Waals surface area contributed by atoms with Gasteiger partial charge < -0.3 is 9.64 Å². The minimum atomic E-state index is -0.604. The molecule has 0 radical (unpaired) electrons. The van der Waals surface area contributed by atoms with Crippen LogP contribution in [0.3, 0.4) is 0 Å². The second-order valence-corrected chi connectivity index (χ2v) is 11.5. The minimum absolute atomic E-state index is 0.0945. The topological polar surface area (TPSA) is 78.3 Å². The van der Waals surface area contributed by atoms with Gasteiger partial charge in [-0.3, -0.25) is 0 Å². The zero-order chi connectivity index (χ0) is 25.6. The molecule has 0 spiro atoms. The van der Waals surface area contributed by atoms with E-state index in [0.717, 1.165) is 0 Å². The number of ether oxygens (including phenoxy) is 1. The molecular weight excluding hydrogens is 468 g/mol. The molecule has 3 aromatic carbocycles. The first-order chi connectivity index (χ1) is 17.3. The van der Waals surface area contributed by atoms with E-state index in [1.54, 1.807) is 4.90 Å². The Balaban J connectivity index is 1.77. The highest BCUT2D eigenvalue weighted by Crippen LogP contribution is 2.52. The molecule has 1 heterocycles. The van der Waals surface area contributed by atoms with Gasteiger partial charge in [-0.05, 0) is 49.4 Å². The Morgan fingerprint density at radius 2 is 1.42 bits per heavy atom. The Kier molecular flexibility index (Phi) is 7.92. The van der Waals surface area contributed by atoms with Gasteiger partial charge >= 0.3 is 6.09 Å². The average molecular weight is 501 g/mol. The van der Waals surface area contributed by atoms with E-state index >= 15 is 0 Å². The van der Waals surface area contributed by atoms with Crippen LogP contribution in [-0.2, 0) is 9.48 Å². The fraction of sp³-hybridized carbons (Fsp3) is 0.345. The maximum absolute atomic E-state index is 13.1. The van der Waals surface area contributed by atoms with E-state index < -0.39 is 10.3 Å². The Morgan fingerprint density at radius 3 is 1.83 bits per heavy atom. The van der Waals surface area contributed by atoms with Crippen molar-refractivity contribution in [1.29, 1.82) is 0 Å². The lowest BCUT2D eigenvalue weighted by atomic mass is 9.84. The van der Waals surface area contributed by atoms with Crippen LogP contribution in [-0.4, -0.2) is 41.0 Å². The summed E-state index contributed by atoms with van der Waals surface area (Å²) >= 11 is 1.85. The highest BCUT2D eigenvalue weighted by atomic mass is 32.2. The smallest absolute Gasteiger partial charge is 0.410 e. The predicted octanol–water partition coefficient (Wildman–Crippen LogP) is 7.40. The lowest BCUT2D eigenvalue weighted by Crippen LogP contribution is -2.41. The molecule has 1 fully saturated rings. The van der Waals surface area contributed by atoms with Gasteiger partial charge in [-0.15, -0.1) is 11.8 Å². The fourth-order valence-electron chi connectivity index (χ4n) is 4.78. The van der Waals surface area contributed by atoms with Gasteiger partial charge in [0.1, 0.15) is 5.60 Å². The number of carbonyl (C=O) groups is 1. The molecule has 1 aliphatic heterocycles. The molecule has 1 amide bonds. The summed E-state index contributed by atoms with van der Waals surface area (Å²) in [7, 11) is 0. The second-order valence-electron chi connectivity index (χ2n) is 9.95. The van der Waals surface area contributed by atoms with Crippen molar-refractivity contribution in [1.82, 2.24) is 4.90 Å². The van der Waals surface area contributed by atoms with Gasteiger partial charge in [-0.2, -0.15) is 0 Å². The number of hydrogen-bond acceptors (Lipinski definition) is 4. The summed E-state index contributed by atoms with van der Waals surface area (Å²) in [5, 5.41) is 3.90. The Hall–Kier alpha value is -3.41. The normalized spacial score (nSPS) is 17.9. The maximum atomic E-state index is 13.1. The van der Waals surface area contributed by atoms with Crippen molar-refractivity contribution in [3.05, 3.63) is 118 Å². The number of benzene rings is 3. The number of hydrogen-bond donors (Lipinski definition) is 0. The highest BCUT2D eigenvalue weighted by molar-refractivity contribution is 8.01. The van der Waals surface area contributed by atoms with Gasteiger partial charge in [0.05, 0.1) is 4.75 Å². The van der Waals surface area contributed by atoms with Gasteiger partial charge in [-0.1, -0.05) is 96.1 Å². The molecule has 0 aromatic heterocycles. The van der Waals surface area contributed by atoms with E-state index in [2.05, 4.69) is 82.8 Å². The Labute approximate surface area is 217 Å². The molecule has 0 saturated carbocycles. The summed E-state index contributed by atoms with van der Waals surface area (Å²) in [6.45, 7) is 6.32. The summed E-state index contributed by atoms with van der Waals surface area (Å²) in [6.07, 6.45) is 0.338. The standard InChI is InChI=1S/C29H32N4O2S/c1-28(2,3)35-27(34)33-21-26(19-25(33)20-31-32-30)36-29(22-13-7-4-8-14-22,23-15-9-5-10-16-23)24-17-11-6-12-18-24/h4-18,25-26H,19-21H2,1-3H3. The first-order valence-corrected chi connectivity index (χ1v) is 13.1. The summed E-state index contributed by atoms with van der Waals surface area (Å²) in [4.78, 5) is 17.8. The van der Waals surface area contributed by atoms with E-state index in [4.69, 9.17) is 10.3 Å². The number of nitrogens with zero attached hydrogens (tertiary/aromatic N) is 4. The van der Waals surface area contributed by atoms with Crippen molar-refractivity contribution < 1.29 is 9.53 Å². The zero-order valence-electron chi connectivity index (χ0n) is 20.9.